The van der Waals surface area contributed by atoms with Gasteiger partial charge in [-0.3, -0.25) is 4.90 Å². The third kappa shape index (κ3) is 3.80. The van der Waals surface area contributed by atoms with Crippen LogP contribution in [0.1, 0.15) is 18.9 Å². The molecule has 5 heteroatoms. The van der Waals surface area contributed by atoms with E-state index in [4.69, 9.17) is 4.18 Å². The van der Waals surface area contributed by atoms with E-state index in [1.54, 1.807) is 43.3 Å². The normalized spacial score (nSPS) is 13.9. The van der Waals surface area contributed by atoms with Crippen molar-refractivity contribution in [3.05, 3.63) is 29.8 Å². The van der Waals surface area contributed by atoms with Crippen LogP contribution >= 0.6 is 0 Å². The summed E-state index contributed by atoms with van der Waals surface area (Å²) >= 11 is 0. The highest BCUT2D eigenvalue weighted by Crippen LogP contribution is 2.16. The fraction of sp³-hybridized carbons (Fsp3) is 0.500. The highest BCUT2D eigenvalue weighted by Gasteiger charge is 2.21. The third-order valence-electron chi connectivity index (χ3n) is 2.47. The molecule has 0 amide bonds. The van der Waals surface area contributed by atoms with Gasteiger partial charge in [0, 0.05) is 0 Å². The van der Waals surface area contributed by atoms with E-state index in [1.807, 2.05) is 13.8 Å². The van der Waals surface area contributed by atoms with Crippen molar-refractivity contribution in [3.8, 4) is 0 Å². The maximum atomic E-state index is 12.0. The molecule has 0 heterocycles. The Hall–Kier alpha value is -0.910. The van der Waals surface area contributed by atoms with Crippen LogP contribution in [-0.4, -0.2) is 33.6 Å². The lowest BCUT2D eigenvalue weighted by Gasteiger charge is -2.22. The smallest absolute Gasteiger partial charge is 0.283 e. The van der Waals surface area contributed by atoms with Crippen LogP contribution in [-0.2, 0) is 14.3 Å². The third-order valence-corrected chi connectivity index (χ3v) is 3.80. The van der Waals surface area contributed by atoms with Gasteiger partial charge in [0.25, 0.3) is 10.1 Å². The number of hydrogen-bond acceptors (Lipinski definition) is 4. The largest absolute Gasteiger partial charge is 0.298 e. The summed E-state index contributed by atoms with van der Waals surface area (Å²) in [6.45, 7) is 3.79. The van der Waals surface area contributed by atoms with Crippen molar-refractivity contribution >= 4 is 10.1 Å². The van der Waals surface area contributed by atoms with Crippen molar-refractivity contribution in [1.29, 1.82) is 0 Å². The molecule has 0 aliphatic heterocycles. The number of nitrogens with zero attached hydrogens (tertiary/aromatic N) is 1. The standard InChI is InChI=1S/C12H19NO3S/c1-5-12(13(3)4)16-17(14,15)11-8-6-10(2)7-9-11/h6-9,12H,5H2,1-4H3. The second-order valence-corrected chi connectivity index (χ2v) is 5.76. The number of benzene rings is 1. The minimum absolute atomic E-state index is 0.198. The van der Waals surface area contributed by atoms with E-state index in [9.17, 15) is 8.42 Å². The molecular formula is C12H19NO3S. The molecule has 0 bridgehead atoms. The summed E-state index contributed by atoms with van der Waals surface area (Å²) in [5.74, 6) is 0. The molecule has 0 saturated heterocycles. The highest BCUT2D eigenvalue weighted by atomic mass is 32.2. The summed E-state index contributed by atoms with van der Waals surface area (Å²) in [6.07, 6.45) is 0.180. The van der Waals surface area contributed by atoms with E-state index in [0.717, 1.165) is 5.56 Å². The molecule has 0 saturated carbocycles. The first-order chi connectivity index (χ1) is 7.86. The minimum Gasteiger partial charge on any atom is -0.283 e. The molecule has 0 spiro atoms. The van der Waals surface area contributed by atoms with Gasteiger partial charge in [0.2, 0.25) is 0 Å². The van der Waals surface area contributed by atoms with E-state index >= 15 is 0 Å². The molecular weight excluding hydrogens is 238 g/mol. The van der Waals surface area contributed by atoms with Crippen molar-refractivity contribution in [1.82, 2.24) is 4.90 Å². The molecule has 4 nitrogen and oxygen atoms in total. The van der Waals surface area contributed by atoms with Crippen LogP contribution in [0.25, 0.3) is 0 Å². The summed E-state index contributed by atoms with van der Waals surface area (Å²) in [4.78, 5) is 1.94. The molecule has 1 aromatic rings. The van der Waals surface area contributed by atoms with Crippen LogP contribution in [0.2, 0.25) is 0 Å². The maximum absolute atomic E-state index is 12.0. The Balaban J connectivity index is 2.92. The molecule has 0 fully saturated rings. The molecule has 0 aromatic heterocycles. The summed E-state index contributed by atoms with van der Waals surface area (Å²) in [6, 6.07) is 6.64. The number of hydrogen-bond donors (Lipinski definition) is 0. The van der Waals surface area contributed by atoms with Crippen molar-refractivity contribution in [2.45, 2.75) is 31.4 Å². The zero-order valence-electron chi connectivity index (χ0n) is 10.7. The second-order valence-electron chi connectivity index (χ2n) is 4.19. The molecule has 17 heavy (non-hydrogen) atoms. The molecule has 1 rings (SSSR count). The molecule has 96 valence electrons. The van der Waals surface area contributed by atoms with Gasteiger partial charge in [0.1, 0.15) is 6.23 Å². The average molecular weight is 257 g/mol. The van der Waals surface area contributed by atoms with Gasteiger partial charge in [-0.15, -0.1) is 0 Å². The van der Waals surface area contributed by atoms with E-state index in [2.05, 4.69) is 0 Å². The zero-order chi connectivity index (χ0) is 13.1. The fourth-order valence-corrected chi connectivity index (χ4v) is 2.61. The Bertz CT molecular complexity index is 451. The van der Waals surface area contributed by atoms with Gasteiger partial charge >= 0.3 is 0 Å². The van der Waals surface area contributed by atoms with Crippen LogP contribution in [0.4, 0.5) is 0 Å². The topological polar surface area (TPSA) is 46.6 Å². The van der Waals surface area contributed by atoms with Gasteiger partial charge in [-0.2, -0.15) is 8.42 Å². The SMILES string of the molecule is CCC(OS(=O)(=O)c1ccc(C)cc1)N(C)C. The molecule has 1 unspecified atom stereocenters. The van der Waals surface area contributed by atoms with Crippen LogP contribution in [0, 0.1) is 6.92 Å². The van der Waals surface area contributed by atoms with Gasteiger partial charge in [-0.05, 0) is 39.6 Å². The quantitative estimate of drug-likeness (QED) is 0.598. The maximum Gasteiger partial charge on any atom is 0.298 e. The second kappa shape index (κ2) is 5.62. The molecule has 0 aliphatic carbocycles. The van der Waals surface area contributed by atoms with E-state index < -0.39 is 16.3 Å². The molecule has 1 atom stereocenters. The van der Waals surface area contributed by atoms with Crippen molar-refractivity contribution < 1.29 is 12.6 Å². The van der Waals surface area contributed by atoms with Crippen molar-refractivity contribution in [3.63, 3.8) is 0 Å². The Morgan fingerprint density at radius 2 is 1.76 bits per heavy atom. The first kappa shape index (κ1) is 14.2. The van der Waals surface area contributed by atoms with Gasteiger partial charge in [0.05, 0.1) is 4.90 Å². The van der Waals surface area contributed by atoms with Crippen LogP contribution in [0.15, 0.2) is 29.2 Å². The first-order valence-electron chi connectivity index (χ1n) is 5.53. The Kier molecular flexibility index (Phi) is 4.68. The predicted octanol–water partition coefficient (Wildman–Crippen LogP) is 2.00. The number of rotatable bonds is 5. The van der Waals surface area contributed by atoms with Gasteiger partial charge < -0.3 is 0 Å². The monoisotopic (exact) mass is 257 g/mol. The summed E-state index contributed by atoms with van der Waals surface area (Å²) in [7, 11) is -0.0940. The zero-order valence-corrected chi connectivity index (χ0v) is 11.5. The first-order valence-corrected chi connectivity index (χ1v) is 6.94. The lowest BCUT2D eigenvalue weighted by atomic mass is 10.2. The Labute approximate surface area is 103 Å². The van der Waals surface area contributed by atoms with Crippen LogP contribution < -0.4 is 0 Å². The summed E-state index contributed by atoms with van der Waals surface area (Å²) in [5, 5.41) is 0. The number of aryl methyl sites for hydroxylation is 1. The predicted molar refractivity (Wildman–Crippen MR) is 67.2 cm³/mol. The highest BCUT2D eigenvalue weighted by molar-refractivity contribution is 7.86. The fourth-order valence-electron chi connectivity index (χ4n) is 1.43. The molecule has 0 N–H and O–H groups in total. The van der Waals surface area contributed by atoms with Gasteiger partial charge in [-0.25, -0.2) is 4.18 Å². The summed E-state index contributed by atoms with van der Waals surface area (Å²) < 4.78 is 29.1. The molecule has 0 aliphatic rings. The van der Waals surface area contributed by atoms with E-state index in [0.29, 0.717) is 6.42 Å². The van der Waals surface area contributed by atoms with Gasteiger partial charge in [0.15, 0.2) is 0 Å². The van der Waals surface area contributed by atoms with Crippen molar-refractivity contribution in [2.75, 3.05) is 14.1 Å². The van der Waals surface area contributed by atoms with Crippen molar-refractivity contribution in [2.24, 2.45) is 0 Å². The Morgan fingerprint density at radius 3 is 2.18 bits per heavy atom. The van der Waals surface area contributed by atoms with Crippen LogP contribution in [0.5, 0.6) is 0 Å². The average Bonchev–Trinajstić information content (AvgIpc) is 2.26. The van der Waals surface area contributed by atoms with Gasteiger partial charge in [-0.1, -0.05) is 24.6 Å². The van der Waals surface area contributed by atoms with E-state index in [1.165, 1.54) is 0 Å². The Morgan fingerprint density at radius 1 is 1.24 bits per heavy atom. The lowest BCUT2D eigenvalue weighted by molar-refractivity contribution is 0.0676. The minimum atomic E-state index is -3.68. The molecule has 0 radical (unpaired) electrons. The van der Waals surface area contributed by atoms with E-state index in [-0.39, 0.29) is 4.90 Å². The van der Waals surface area contributed by atoms with Crippen LogP contribution in [0.3, 0.4) is 0 Å². The lowest BCUT2D eigenvalue weighted by Crippen LogP contribution is -2.32. The molecule has 1 aromatic carbocycles. The summed E-state index contributed by atoms with van der Waals surface area (Å²) in [5.41, 5.74) is 1.02.